The van der Waals surface area contributed by atoms with Gasteiger partial charge in [0.25, 0.3) is 5.69 Å². The van der Waals surface area contributed by atoms with Crippen molar-refractivity contribution in [1.29, 1.82) is 0 Å². The van der Waals surface area contributed by atoms with Crippen molar-refractivity contribution in [2.24, 2.45) is 5.92 Å². The van der Waals surface area contributed by atoms with Crippen molar-refractivity contribution in [1.82, 2.24) is 0 Å². The topological polar surface area (TPSA) is 75.4 Å². The van der Waals surface area contributed by atoms with Crippen molar-refractivity contribution in [3.05, 3.63) is 33.9 Å². The number of nitrogens with zero attached hydrogens (tertiary/aromatic N) is 1. The fraction of sp³-hybridized carbons (Fsp3) is 0.500. The predicted octanol–water partition coefficient (Wildman–Crippen LogP) is 2.33. The first kappa shape index (κ1) is 13.4. The third kappa shape index (κ3) is 3.17. The summed E-state index contributed by atoms with van der Waals surface area (Å²) in [4.78, 5) is 10.5. The standard InChI is InChI=1S/C12H18N2O3/c1-8(2)10(7-15)13-12-9(3)5-4-6-11(12)14(16)17/h4-6,8,10,13,15H,7H2,1-3H3/t10-/m1/s1. The molecule has 0 saturated heterocycles. The maximum absolute atomic E-state index is 10.9. The highest BCUT2D eigenvalue weighted by atomic mass is 16.6. The zero-order valence-corrected chi connectivity index (χ0v) is 10.3. The highest BCUT2D eigenvalue weighted by Gasteiger charge is 2.20. The van der Waals surface area contributed by atoms with Crippen LogP contribution in [0.25, 0.3) is 0 Å². The fourth-order valence-electron chi connectivity index (χ4n) is 1.60. The Labute approximate surface area is 101 Å². The van der Waals surface area contributed by atoms with Crippen LogP contribution in [0.1, 0.15) is 19.4 Å². The lowest BCUT2D eigenvalue weighted by atomic mass is 10.0. The molecule has 94 valence electrons. The first-order valence-electron chi connectivity index (χ1n) is 5.58. The number of hydrogen-bond acceptors (Lipinski definition) is 4. The largest absolute Gasteiger partial charge is 0.394 e. The number of benzene rings is 1. The Kier molecular flexibility index (Phi) is 4.45. The average Bonchev–Trinajstić information content (AvgIpc) is 2.26. The Morgan fingerprint density at radius 2 is 2.12 bits per heavy atom. The number of nitro benzene ring substituents is 1. The molecule has 1 aromatic rings. The highest BCUT2D eigenvalue weighted by molar-refractivity contribution is 5.66. The van der Waals surface area contributed by atoms with Crippen LogP contribution in [0.4, 0.5) is 11.4 Å². The van der Waals surface area contributed by atoms with E-state index in [1.807, 2.05) is 26.8 Å². The van der Waals surface area contributed by atoms with E-state index in [1.165, 1.54) is 6.07 Å². The van der Waals surface area contributed by atoms with E-state index in [1.54, 1.807) is 6.07 Å². The molecule has 0 aliphatic heterocycles. The van der Waals surface area contributed by atoms with E-state index in [9.17, 15) is 15.2 Å². The molecule has 5 heteroatoms. The molecular weight excluding hydrogens is 220 g/mol. The molecule has 17 heavy (non-hydrogen) atoms. The van der Waals surface area contributed by atoms with Gasteiger partial charge in [0.15, 0.2) is 0 Å². The SMILES string of the molecule is Cc1cccc([N+](=O)[O-])c1N[C@H](CO)C(C)C. The summed E-state index contributed by atoms with van der Waals surface area (Å²) in [6.07, 6.45) is 0. The van der Waals surface area contributed by atoms with Crippen LogP contribution < -0.4 is 5.32 Å². The van der Waals surface area contributed by atoms with E-state index < -0.39 is 4.92 Å². The number of hydrogen-bond donors (Lipinski definition) is 2. The lowest BCUT2D eigenvalue weighted by Crippen LogP contribution is -2.30. The molecule has 0 aliphatic carbocycles. The number of anilines is 1. The van der Waals surface area contributed by atoms with Crippen LogP contribution in [0.3, 0.4) is 0 Å². The second kappa shape index (κ2) is 5.63. The van der Waals surface area contributed by atoms with Crippen LogP contribution in [0, 0.1) is 23.0 Å². The van der Waals surface area contributed by atoms with Gasteiger partial charge in [-0.3, -0.25) is 10.1 Å². The average molecular weight is 238 g/mol. The molecule has 0 aliphatic rings. The summed E-state index contributed by atoms with van der Waals surface area (Å²) in [6.45, 7) is 5.67. The van der Waals surface area contributed by atoms with Gasteiger partial charge in [0.1, 0.15) is 5.69 Å². The summed E-state index contributed by atoms with van der Waals surface area (Å²) in [5, 5.41) is 23.2. The molecule has 0 bridgehead atoms. The normalized spacial score (nSPS) is 12.5. The molecule has 0 spiro atoms. The Balaban J connectivity index is 3.07. The Bertz CT molecular complexity index is 405. The molecule has 2 N–H and O–H groups in total. The van der Waals surface area contributed by atoms with E-state index in [-0.39, 0.29) is 24.3 Å². The van der Waals surface area contributed by atoms with Gasteiger partial charge in [-0.25, -0.2) is 0 Å². The number of aliphatic hydroxyl groups is 1. The monoisotopic (exact) mass is 238 g/mol. The second-order valence-electron chi connectivity index (χ2n) is 4.40. The first-order valence-corrected chi connectivity index (χ1v) is 5.58. The van der Waals surface area contributed by atoms with E-state index in [4.69, 9.17) is 0 Å². The van der Waals surface area contributed by atoms with Gasteiger partial charge in [-0.2, -0.15) is 0 Å². The predicted molar refractivity (Wildman–Crippen MR) is 67.2 cm³/mol. The summed E-state index contributed by atoms with van der Waals surface area (Å²) in [7, 11) is 0. The highest BCUT2D eigenvalue weighted by Crippen LogP contribution is 2.29. The van der Waals surface area contributed by atoms with Crippen molar-refractivity contribution in [3.63, 3.8) is 0 Å². The van der Waals surface area contributed by atoms with Gasteiger partial charge in [-0.1, -0.05) is 26.0 Å². The quantitative estimate of drug-likeness (QED) is 0.609. The number of aliphatic hydroxyl groups excluding tert-OH is 1. The zero-order valence-electron chi connectivity index (χ0n) is 10.3. The molecule has 0 aromatic heterocycles. The summed E-state index contributed by atoms with van der Waals surface area (Å²) < 4.78 is 0. The minimum Gasteiger partial charge on any atom is -0.394 e. The van der Waals surface area contributed by atoms with Crippen molar-refractivity contribution in [2.75, 3.05) is 11.9 Å². The van der Waals surface area contributed by atoms with Gasteiger partial charge >= 0.3 is 0 Å². The third-order valence-electron chi connectivity index (χ3n) is 2.78. The van der Waals surface area contributed by atoms with Gasteiger partial charge in [0, 0.05) is 6.07 Å². The van der Waals surface area contributed by atoms with Crippen molar-refractivity contribution >= 4 is 11.4 Å². The Morgan fingerprint density at radius 1 is 1.47 bits per heavy atom. The third-order valence-corrected chi connectivity index (χ3v) is 2.78. The molecule has 0 heterocycles. The number of aryl methyl sites for hydroxylation is 1. The van der Waals surface area contributed by atoms with Crippen LogP contribution in [0.15, 0.2) is 18.2 Å². The number of para-hydroxylation sites is 1. The van der Waals surface area contributed by atoms with E-state index in [0.29, 0.717) is 5.69 Å². The van der Waals surface area contributed by atoms with E-state index in [2.05, 4.69) is 5.32 Å². The minimum atomic E-state index is -0.413. The zero-order chi connectivity index (χ0) is 13.0. The minimum absolute atomic E-state index is 0.0455. The van der Waals surface area contributed by atoms with Crippen LogP contribution in [-0.4, -0.2) is 22.7 Å². The molecule has 0 saturated carbocycles. The molecule has 1 rings (SSSR count). The Morgan fingerprint density at radius 3 is 2.59 bits per heavy atom. The molecule has 0 radical (unpaired) electrons. The number of rotatable bonds is 5. The first-order chi connectivity index (χ1) is 7.97. The van der Waals surface area contributed by atoms with Gasteiger partial charge in [-0.05, 0) is 18.4 Å². The summed E-state index contributed by atoms with van der Waals surface area (Å²) in [5.74, 6) is 0.194. The lowest BCUT2D eigenvalue weighted by molar-refractivity contribution is -0.384. The molecule has 0 fully saturated rings. The van der Waals surface area contributed by atoms with Gasteiger partial charge < -0.3 is 10.4 Å². The Hall–Kier alpha value is -1.62. The van der Waals surface area contributed by atoms with Crippen LogP contribution >= 0.6 is 0 Å². The molecule has 5 nitrogen and oxygen atoms in total. The molecular formula is C12H18N2O3. The summed E-state index contributed by atoms with van der Waals surface area (Å²) in [5.41, 5.74) is 1.34. The summed E-state index contributed by atoms with van der Waals surface area (Å²) >= 11 is 0. The van der Waals surface area contributed by atoms with Crippen LogP contribution in [0.2, 0.25) is 0 Å². The van der Waals surface area contributed by atoms with Crippen LogP contribution in [-0.2, 0) is 0 Å². The van der Waals surface area contributed by atoms with Gasteiger partial charge in [0.2, 0.25) is 0 Å². The maximum atomic E-state index is 10.9. The van der Waals surface area contributed by atoms with Crippen molar-refractivity contribution < 1.29 is 10.0 Å². The molecule has 1 aromatic carbocycles. The number of nitro groups is 1. The smallest absolute Gasteiger partial charge is 0.292 e. The van der Waals surface area contributed by atoms with Crippen molar-refractivity contribution in [2.45, 2.75) is 26.8 Å². The van der Waals surface area contributed by atoms with Gasteiger partial charge in [-0.15, -0.1) is 0 Å². The van der Waals surface area contributed by atoms with Gasteiger partial charge in [0.05, 0.1) is 17.6 Å². The molecule has 0 amide bonds. The maximum Gasteiger partial charge on any atom is 0.292 e. The van der Waals surface area contributed by atoms with Crippen molar-refractivity contribution in [3.8, 4) is 0 Å². The summed E-state index contributed by atoms with van der Waals surface area (Å²) in [6, 6.07) is 4.74. The second-order valence-corrected chi connectivity index (χ2v) is 4.40. The molecule has 0 unspecified atom stereocenters. The lowest BCUT2D eigenvalue weighted by Gasteiger charge is -2.22. The fourth-order valence-corrected chi connectivity index (χ4v) is 1.60. The number of nitrogens with one attached hydrogen (secondary N) is 1. The molecule has 1 atom stereocenters. The van der Waals surface area contributed by atoms with Crippen LogP contribution in [0.5, 0.6) is 0 Å². The van der Waals surface area contributed by atoms with E-state index in [0.717, 1.165) is 5.56 Å². The van der Waals surface area contributed by atoms with E-state index >= 15 is 0 Å².